The molecule has 0 bridgehead atoms. The minimum absolute atomic E-state index is 0.0275. The molecule has 0 heterocycles. The van der Waals surface area contributed by atoms with Crippen LogP contribution in [0, 0.1) is 0 Å². The standard InChI is InChI=1S/C5H11N3O3S2/c6-4(9)1-2-8-13(10,11)3-5(7)12/h8H,1-3H2,(H2,6,9)(H2,7,12). The molecule has 0 rings (SSSR count). The highest BCUT2D eigenvalue weighted by Gasteiger charge is 2.10. The van der Waals surface area contributed by atoms with E-state index in [0.29, 0.717) is 0 Å². The topological polar surface area (TPSA) is 115 Å². The molecule has 0 radical (unpaired) electrons. The summed E-state index contributed by atoms with van der Waals surface area (Å²) in [5.74, 6) is -0.987. The Morgan fingerprint density at radius 1 is 1.38 bits per heavy atom. The molecule has 0 aliphatic carbocycles. The highest BCUT2D eigenvalue weighted by molar-refractivity contribution is 7.92. The van der Waals surface area contributed by atoms with E-state index in [0.717, 1.165) is 0 Å². The number of primary amides is 1. The number of rotatable bonds is 6. The Kier molecular flexibility index (Phi) is 4.81. The SMILES string of the molecule is NC(=O)CCNS(=O)(=O)CC(N)=S. The molecule has 8 heteroatoms. The van der Waals surface area contributed by atoms with Crippen LogP contribution in [0.5, 0.6) is 0 Å². The molecule has 76 valence electrons. The summed E-state index contributed by atoms with van der Waals surface area (Å²) in [5, 5.41) is 0. The quantitative estimate of drug-likeness (QED) is 0.455. The molecule has 0 aliphatic heterocycles. The van der Waals surface area contributed by atoms with Gasteiger partial charge in [0.1, 0.15) is 5.75 Å². The van der Waals surface area contributed by atoms with E-state index in [9.17, 15) is 13.2 Å². The number of hydrogen-bond acceptors (Lipinski definition) is 4. The lowest BCUT2D eigenvalue weighted by Crippen LogP contribution is -2.34. The zero-order chi connectivity index (χ0) is 10.5. The molecule has 0 aromatic rings. The molecule has 0 unspecified atom stereocenters. The van der Waals surface area contributed by atoms with Crippen molar-refractivity contribution >= 4 is 33.1 Å². The fourth-order valence-electron chi connectivity index (χ4n) is 0.568. The van der Waals surface area contributed by atoms with Crippen LogP contribution < -0.4 is 16.2 Å². The summed E-state index contributed by atoms with van der Waals surface area (Å²) in [4.78, 5) is 10.1. The van der Waals surface area contributed by atoms with Crippen molar-refractivity contribution in [1.82, 2.24) is 4.72 Å². The maximum atomic E-state index is 11.0. The molecule has 0 atom stereocenters. The molecule has 0 aliphatic rings. The van der Waals surface area contributed by atoms with E-state index in [2.05, 4.69) is 16.9 Å². The third-order valence-corrected chi connectivity index (χ3v) is 2.69. The van der Waals surface area contributed by atoms with Crippen molar-refractivity contribution in [1.29, 1.82) is 0 Å². The zero-order valence-corrected chi connectivity index (χ0v) is 8.45. The maximum Gasteiger partial charge on any atom is 0.218 e. The Morgan fingerprint density at radius 2 is 1.92 bits per heavy atom. The first-order chi connectivity index (χ1) is 5.83. The van der Waals surface area contributed by atoms with E-state index >= 15 is 0 Å². The van der Waals surface area contributed by atoms with Crippen LogP contribution in [-0.4, -0.2) is 31.6 Å². The molecule has 13 heavy (non-hydrogen) atoms. The molecular weight excluding hydrogens is 214 g/mol. The van der Waals surface area contributed by atoms with E-state index in [1.807, 2.05) is 0 Å². The monoisotopic (exact) mass is 225 g/mol. The first-order valence-electron chi connectivity index (χ1n) is 3.37. The second-order valence-corrected chi connectivity index (χ2v) is 4.67. The summed E-state index contributed by atoms with van der Waals surface area (Å²) in [5.41, 5.74) is 9.83. The van der Waals surface area contributed by atoms with Crippen LogP contribution in [0.15, 0.2) is 0 Å². The smallest absolute Gasteiger partial charge is 0.218 e. The Morgan fingerprint density at radius 3 is 2.31 bits per heavy atom. The molecule has 0 aromatic heterocycles. The Labute approximate surface area is 81.7 Å². The molecule has 0 spiro atoms. The van der Waals surface area contributed by atoms with Crippen LogP contribution in [0.2, 0.25) is 0 Å². The van der Waals surface area contributed by atoms with Gasteiger partial charge in [0.05, 0.1) is 4.99 Å². The summed E-state index contributed by atoms with van der Waals surface area (Å²) in [6, 6.07) is 0. The number of hydrogen-bond donors (Lipinski definition) is 3. The molecule has 0 saturated carbocycles. The minimum atomic E-state index is -3.50. The fraction of sp³-hybridized carbons (Fsp3) is 0.600. The van der Waals surface area contributed by atoms with Crippen LogP contribution in [-0.2, 0) is 14.8 Å². The average Bonchev–Trinajstić information content (AvgIpc) is 1.81. The predicted octanol–water partition coefficient (Wildman–Crippen LogP) is -1.93. The predicted molar refractivity (Wildman–Crippen MR) is 52.4 cm³/mol. The van der Waals surface area contributed by atoms with Crippen molar-refractivity contribution in [2.75, 3.05) is 12.3 Å². The van der Waals surface area contributed by atoms with E-state index < -0.39 is 21.7 Å². The molecule has 0 saturated heterocycles. The molecule has 1 amide bonds. The highest BCUT2D eigenvalue weighted by Crippen LogP contribution is 1.85. The van der Waals surface area contributed by atoms with E-state index in [1.165, 1.54) is 0 Å². The van der Waals surface area contributed by atoms with Gasteiger partial charge in [0.2, 0.25) is 15.9 Å². The summed E-state index contributed by atoms with van der Waals surface area (Å²) in [7, 11) is -3.50. The summed E-state index contributed by atoms with van der Waals surface area (Å²) in [6.07, 6.45) is -0.0451. The van der Waals surface area contributed by atoms with Crippen molar-refractivity contribution < 1.29 is 13.2 Å². The number of carbonyl (C=O) groups excluding carboxylic acids is 1. The second-order valence-electron chi connectivity index (χ2n) is 2.34. The van der Waals surface area contributed by atoms with Gasteiger partial charge in [0.15, 0.2) is 0 Å². The molecule has 6 nitrogen and oxygen atoms in total. The van der Waals surface area contributed by atoms with Gasteiger partial charge in [0, 0.05) is 13.0 Å². The number of nitrogens with one attached hydrogen (secondary N) is 1. The van der Waals surface area contributed by atoms with E-state index in [-0.39, 0.29) is 18.0 Å². The van der Waals surface area contributed by atoms with Crippen molar-refractivity contribution in [3.63, 3.8) is 0 Å². The Balaban J connectivity index is 3.91. The lowest BCUT2D eigenvalue weighted by molar-refractivity contribution is -0.117. The van der Waals surface area contributed by atoms with Gasteiger partial charge in [-0.05, 0) is 0 Å². The maximum absolute atomic E-state index is 11.0. The molecule has 0 fully saturated rings. The molecule has 0 aromatic carbocycles. The average molecular weight is 225 g/mol. The summed E-state index contributed by atoms with van der Waals surface area (Å²) < 4.78 is 24.1. The minimum Gasteiger partial charge on any atom is -0.392 e. The third-order valence-electron chi connectivity index (χ3n) is 1.03. The zero-order valence-electron chi connectivity index (χ0n) is 6.82. The summed E-state index contributed by atoms with van der Waals surface area (Å²) in [6.45, 7) is -0.0275. The lowest BCUT2D eigenvalue weighted by Gasteiger charge is -2.03. The van der Waals surface area contributed by atoms with Crippen LogP contribution >= 0.6 is 12.2 Å². The number of amides is 1. The van der Waals surface area contributed by atoms with Crippen molar-refractivity contribution in [3.8, 4) is 0 Å². The largest absolute Gasteiger partial charge is 0.392 e. The van der Waals surface area contributed by atoms with Gasteiger partial charge in [-0.1, -0.05) is 12.2 Å². The molecule has 5 N–H and O–H groups in total. The number of nitrogens with two attached hydrogens (primary N) is 2. The van der Waals surface area contributed by atoms with Crippen molar-refractivity contribution in [2.45, 2.75) is 6.42 Å². The second kappa shape index (κ2) is 5.10. The van der Waals surface area contributed by atoms with Crippen molar-refractivity contribution in [2.24, 2.45) is 11.5 Å². The van der Waals surface area contributed by atoms with Crippen LogP contribution in [0.4, 0.5) is 0 Å². The van der Waals surface area contributed by atoms with E-state index in [1.54, 1.807) is 0 Å². The Bertz CT molecular complexity index is 298. The van der Waals surface area contributed by atoms with Gasteiger partial charge in [-0.2, -0.15) is 0 Å². The van der Waals surface area contributed by atoms with Crippen LogP contribution in [0.3, 0.4) is 0 Å². The lowest BCUT2D eigenvalue weighted by atomic mass is 10.4. The third kappa shape index (κ3) is 7.62. The normalized spacial score (nSPS) is 11.1. The summed E-state index contributed by atoms with van der Waals surface area (Å²) >= 11 is 4.41. The van der Waals surface area contributed by atoms with Crippen LogP contribution in [0.25, 0.3) is 0 Å². The van der Waals surface area contributed by atoms with Gasteiger partial charge < -0.3 is 11.5 Å². The van der Waals surface area contributed by atoms with Gasteiger partial charge >= 0.3 is 0 Å². The number of carbonyl (C=O) groups is 1. The first kappa shape index (κ1) is 12.3. The first-order valence-corrected chi connectivity index (χ1v) is 5.43. The van der Waals surface area contributed by atoms with Crippen LogP contribution in [0.1, 0.15) is 6.42 Å². The van der Waals surface area contributed by atoms with Crippen molar-refractivity contribution in [3.05, 3.63) is 0 Å². The fourth-order valence-corrected chi connectivity index (χ4v) is 1.92. The van der Waals surface area contributed by atoms with Gasteiger partial charge in [0.25, 0.3) is 0 Å². The van der Waals surface area contributed by atoms with Gasteiger partial charge in [-0.3, -0.25) is 4.79 Å². The Hall–Kier alpha value is -0.730. The van der Waals surface area contributed by atoms with Gasteiger partial charge in [-0.15, -0.1) is 0 Å². The highest BCUT2D eigenvalue weighted by atomic mass is 32.2. The number of sulfonamides is 1. The van der Waals surface area contributed by atoms with Gasteiger partial charge in [-0.25, -0.2) is 13.1 Å². The molecular formula is C5H11N3O3S2. The van der Waals surface area contributed by atoms with E-state index in [4.69, 9.17) is 11.5 Å². The number of thiocarbonyl (C=S) groups is 1.